The van der Waals surface area contributed by atoms with Crippen LogP contribution in [-0.4, -0.2) is 12.5 Å². The van der Waals surface area contributed by atoms with Crippen molar-refractivity contribution in [2.75, 3.05) is 11.9 Å². The number of benzene rings is 2. The average Bonchev–Trinajstić information content (AvgIpc) is 2.77. The van der Waals surface area contributed by atoms with E-state index in [1.165, 1.54) is 0 Å². The Hall–Kier alpha value is -2.00. The largest absolute Gasteiger partial charge is 0.494 e. The molecule has 1 aliphatic rings. The van der Waals surface area contributed by atoms with Gasteiger partial charge >= 0.3 is 0 Å². The minimum atomic E-state index is -0.222. The molecule has 1 N–H and O–H groups in total. The van der Waals surface area contributed by atoms with E-state index >= 15 is 0 Å². The molecule has 0 radical (unpaired) electrons. The lowest BCUT2D eigenvalue weighted by molar-refractivity contribution is -0.117. The van der Waals surface area contributed by atoms with Gasteiger partial charge in [-0.3, -0.25) is 4.79 Å². The molecule has 0 unspecified atom stereocenters. The first kappa shape index (κ1) is 14.0. The van der Waals surface area contributed by atoms with E-state index in [1.54, 1.807) is 6.07 Å². The van der Waals surface area contributed by atoms with Gasteiger partial charge in [-0.2, -0.15) is 0 Å². The number of amides is 1. The summed E-state index contributed by atoms with van der Waals surface area (Å²) in [5, 5.41) is 3.55. The van der Waals surface area contributed by atoms with Gasteiger partial charge in [0, 0.05) is 10.7 Å². The van der Waals surface area contributed by atoms with Crippen molar-refractivity contribution in [2.45, 2.75) is 19.3 Å². The molecular formula is C17H16ClNO2. The predicted molar refractivity (Wildman–Crippen MR) is 84.1 cm³/mol. The minimum Gasteiger partial charge on any atom is -0.494 e. The molecule has 108 valence electrons. The van der Waals surface area contributed by atoms with E-state index in [1.807, 2.05) is 43.3 Å². The number of nitrogens with one attached hydrogen (secondary N) is 1. The van der Waals surface area contributed by atoms with E-state index in [0.717, 1.165) is 22.6 Å². The van der Waals surface area contributed by atoms with Crippen LogP contribution in [0.2, 0.25) is 5.02 Å². The Kier molecular flexibility index (Phi) is 3.84. The molecule has 4 heteroatoms. The van der Waals surface area contributed by atoms with Crippen LogP contribution in [0.25, 0.3) is 0 Å². The van der Waals surface area contributed by atoms with Crippen molar-refractivity contribution < 1.29 is 9.53 Å². The van der Waals surface area contributed by atoms with E-state index < -0.39 is 0 Å². The maximum absolute atomic E-state index is 12.2. The second kappa shape index (κ2) is 5.78. The van der Waals surface area contributed by atoms with Crippen molar-refractivity contribution >= 4 is 23.2 Å². The van der Waals surface area contributed by atoms with Gasteiger partial charge in [-0.25, -0.2) is 0 Å². The summed E-state index contributed by atoms with van der Waals surface area (Å²) in [4.78, 5) is 12.2. The van der Waals surface area contributed by atoms with Crippen LogP contribution >= 0.6 is 11.6 Å². The molecule has 0 saturated heterocycles. The molecule has 1 amide bonds. The summed E-state index contributed by atoms with van der Waals surface area (Å²) in [6.07, 6.45) is 0.606. The SMILES string of the molecule is CCOc1ccccc1C[C@@H]1C(=O)Nc2ccc(Cl)cc21. The number of ether oxygens (including phenoxy) is 1. The Labute approximate surface area is 128 Å². The molecule has 1 atom stereocenters. The van der Waals surface area contributed by atoms with E-state index in [4.69, 9.17) is 16.3 Å². The molecule has 3 rings (SSSR count). The van der Waals surface area contributed by atoms with Crippen LogP contribution in [-0.2, 0) is 11.2 Å². The fourth-order valence-corrected chi connectivity index (χ4v) is 2.87. The molecule has 0 fully saturated rings. The number of rotatable bonds is 4. The Morgan fingerprint density at radius 3 is 2.86 bits per heavy atom. The van der Waals surface area contributed by atoms with Gasteiger partial charge in [-0.1, -0.05) is 29.8 Å². The van der Waals surface area contributed by atoms with Crippen molar-refractivity contribution in [3.63, 3.8) is 0 Å². The first-order chi connectivity index (χ1) is 10.2. The number of hydrogen-bond acceptors (Lipinski definition) is 2. The molecule has 21 heavy (non-hydrogen) atoms. The average molecular weight is 302 g/mol. The lowest BCUT2D eigenvalue weighted by Gasteiger charge is -2.13. The number of anilines is 1. The monoisotopic (exact) mass is 301 g/mol. The number of halogens is 1. The van der Waals surface area contributed by atoms with Gasteiger partial charge in [0.15, 0.2) is 0 Å². The van der Waals surface area contributed by atoms with Crippen molar-refractivity contribution in [1.29, 1.82) is 0 Å². The van der Waals surface area contributed by atoms with Gasteiger partial charge in [0.2, 0.25) is 5.91 Å². The summed E-state index contributed by atoms with van der Waals surface area (Å²) in [7, 11) is 0. The van der Waals surface area contributed by atoms with Crippen LogP contribution in [0.1, 0.15) is 24.0 Å². The second-order valence-corrected chi connectivity index (χ2v) is 5.45. The zero-order chi connectivity index (χ0) is 14.8. The Balaban J connectivity index is 1.93. The fraction of sp³-hybridized carbons (Fsp3) is 0.235. The van der Waals surface area contributed by atoms with E-state index in [-0.39, 0.29) is 11.8 Å². The minimum absolute atomic E-state index is 0.0126. The van der Waals surface area contributed by atoms with Crippen molar-refractivity contribution in [3.8, 4) is 5.75 Å². The predicted octanol–water partition coefficient (Wildman–Crippen LogP) is 4.02. The maximum atomic E-state index is 12.2. The molecule has 0 aliphatic carbocycles. The van der Waals surface area contributed by atoms with Crippen LogP contribution in [0.4, 0.5) is 5.69 Å². The number of carbonyl (C=O) groups is 1. The molecule has 2 aromatic rings. The molecule has 0 saturated carbocycles. The van der Waals surface area contributed by atoms with Crippen LogP contribution in [0, 0.1) is 0 Å². The number of hydrogen-bond donors (Lipinski definition) is 1. The first-order valence-corrected chi connectivity index (χ1v) is 7.38. The van der Waals surface area contributed by atoms with Gasteiger partial charge in [0.1, 0.15) is 5.75 Å². The molecule has 1 aliphatic heterocycles. The summed E-state index contributed by atoms with van der Waals surface area (Å²) in [5.74, 6) is 0.627. The molecule has 0 bridgehead atoms. The smallest absolute Gasteiger partial charge is 0.232 e. The van der Waals surface area contributed by atoms with E-state index in [9.17, 15) is 4.79 Å². The topological polar surface area (TPSA) is 38.3 Å². The quantitative estimate of drug-likeness (QED) is 0.926. The standard InChI is InChI=1S/C17H16ClNO2/c1-2-21-16-6-4-3-5-11(16)9-14-13-10-12(18)7-8-15(13)19-17(14)20/h3-8,10,14H,2,9H2,1H3,(H,19,20)/t14-/m0/s1. The normalized spacial score (nSPS) is 16.5. The van der Waals surface area contributed by atoms with E-state index in [0.29, 0.717) is 18.1 Å². The molecule has 3 nitrogen and oxygen atoms in total. The van der Waals surface area contributed by atoms with Crippen LogP contribution in [0.15, 0.2) is 42.5 Å². The third-order valence-corrected chi connectivity index (χ3v) is 3.89. The van der Waals surface area contributed by atoms with Crippen LogP contribution < -0.4 is 10.1 Å². The highest BCUT2D eigenvalue weighted by molar-refractivity contribution is 6.31. The summed E-state index contributed by atoms with van der Waals surface area (Å²) >= 11 is 6.06. The van der Waals surface area contributed by atoms with Crippen LogP contribution in [0.5, 0.6) is 5.75 Å². The van der Waals surface area contributed by atoms with Gasteiger partial charge in [-0.15, -0.1) is 0 Å². The van der Waals surface area contributed by atoms with E-state index in [2.05, 4.69) is 5.32 Å². The molecule has 0 spiro atoms. The Morgan fingerprint density at radius 1 is 1.24 bits per heavy atom. The Morgan fingerprint density at radius 2 is 2.05 bits per heavy atom. The summed E-state index contributed by atoms with van der Waals surface area (Å²) in [6, 6.07) is 13.3. The highest BCUT2D eigenvalue weighted by Gasteiger charge is 2.31. The van der Waals surface area contributed by atoms with Gasteiger partial charge < -0.3 is 10.1 Å². The number of carbonyl (C=O) groups excluding carboxylic acids is 1. The lowest BCUT2D eigenvalue weighted by Crippen LogP contribution is -2.14. The second-order valence-electron chi connectivity index (χ2n) is 5.02. The summed E-state index contributed by atoms with van der Waals surface area (Å²) in [6.45, 7) is 2.56. The highest BCUT2D eigenvalue weighted by atomic mass is 35.5. The zero-order valence-corrected chi connectivity index (χ0v) is 12.5. The molecule has 1 heterocycles. The Bertz CT molecular complexity index is 684. The van der Waals surface area contributed by atoms with Crippen LogP contribution in [0.3, 0.4) is 0 Å². The fourth-order valence-electron chi connectivity index (χ4n) is 2.69. The van der Waals surface area contributed by atoms with Gasteiger partial charge in [-0.05, 0) is 48.7 Å². The summed E-state index contributed by atoms with van der Waals surface area (Å²) in [5.41, 5.74) is 2.84. The third kappa shape index (κ3) is 2.74. The summed E-state index contributed by atoms with van der Waals surface area (Å²) < 4.78 is 5.64. The van der Waals surface area contributed by atoms with Crippen molar-refractivity contribution in [3.05, 3.63) is 58.6 Å². The lowest BCUT2D eigenvalue weighted by atomic mass is 9.93. The number of para-hydroxylation sites is 1. The molecule has 2 aromatic carbocycles. The number of fused-ring (bicyclic) bond motifs is 1. The van der Waals surface area contributed by atoms with Crippen molar-refractivity contribution in [2.24, 2.45) is 0 Å². The first-order valence-electron chi connectivity index (χ1n) is 7.00. The third-order valence-electron chi connectivity index (χ3n) is 3.66. The highest BCUT2D eigenvalue weighted by Crippen LogP contribution is 2.37. The van der Waals surface area contributed by atoms with Gasteiger partial charge in [0.05, 0.1) is 12.5 Å². The zero-order valence-electron chi connectivity index (χ0n) is 11.7. The van der Waals surface area contributed by atoms with Gasteiger partial charge in [0.25, 0.3) is 0 Å². The maximum Gasteiger partial charge on any atom is 0.232 e. The molecule has 0 aromatic heterocycles. The van der Waals surface area contributed by atoms with Crippen molar-refractivity contribution in [1.82, 2.24) is 0 Å². The molecular weight excluding hydrogens is 286 g/mol.